The highest BCUT2D eigenvalue weighted by Crippen LogP contribution is 2.38. The number of methoxy groups -OCH3 is 2. The molecule has 0 unspecified atom stereocenters. The fourth-order valence-electron chi connectivity index (χ4n) is 2.48. The van der Waals surface area contributed by atoms with Gasteiger partial charge >= 0.3 is 0 Å². The van der Waals surface area contributed by atoms with Crippen LogP contribution < -0.4 is 14.8 Å². The van der Waals surface area contributed by atoms with Crippen molar-refractivity contribution in [2.75, 3.05) is 19.5 Å². The number of hydrogen-bond donors (Lipinski definition) is 1. The zero-order valence-electron chi connectivity index (χ0n) is 13.4. The fourth-order valence-corrected chi connectivity index (χ4v) is 2.48. The molecule has 1 N–H and O–H groups in total. The van der Waals surface area contributed by atoms with Gasteiger partial charge in [-0.25, -0.2) is 0 Å². The summed E-state index contributed by atoms with van der Waals surface area (Å²) < 4.78 is 16.2. The summed E-state index contributed by atoms with van der Waals surface area (Å²) in [6.45, 7) is 0. The molecule has 0 saturated carbocycles. The lowest BCUT2D eigenvalue weighted by atomic mass is 10.1. The minimum atomic E-state index is -0.227. The molecule has 1 heterocycles. The summed E-state index contributed by atoms with van der Waals surface area (Å²) in [6, 6.07) is 12.8. The van der Waals surface area contributed by atoms with Crippen molar-refractivity contribution < 1.29 is 18.7 Å². The first-order chi connectivity index (χ1) is 11.7. The topological polar surface area (TPSA) is 60.7 Å². The average Bonchev–Trinajstić information content (AvgIpc) is 3.09. The van der Waals surface area contributed by atoms with Crippen molar-refractivity contribution in [3.05, 3.63) is 60.4 Å². The minimum Gasteiger partial charge on any atom is -0.495 e. The van der Waals surface area contributed by atoms with Crippen molar-refractivity contribution in [3.63, 3.8) is 0 Å². The lowest BCUT2D eigenvalue weighted by Crippen LogP contribution is -2.07. The minimum absolute atomic E-state index is 0.227. The lowest BCUT2D eigenvalue weighted by Gasteiger charge is -2.09. The number of anilines is 1. The van der Waals surface area contributed by atoms with Crippen LogP contribution in [0, 0.1) is 0 Å². The maximum Gasteiger partial charge on any atom is 0.248 e. The van der Waals surface area contributed by atoms with Crippen molar-refractivity contribution in [3.8, 4) is 11.5 Å². The second-order valence-electron chi connectivity index (χ2n) is 5.05. The fraction of sp³-hybridized carbons (Fsp3) is 0.105. The maximum absolute atomic E-state index is 12.1. The van der Waals surface area contributed by atoms with Gasteiger partial charge in [0.25, 0.3) is 0 Å². The van der Waals surface area contributed by atoms with Crippen LogP contribution in [0.1, 0.15) is 5.56 Å². The van der Waals surface area contributed by atoms with E-state index in [1.54, 1.807) is 38.7 Å². The zero-order chi connectivity index (χ0) is 16.9. The number of hydrogen-bond acceptors (Lipinski definition) is 4. The van der Waals surface area contributed by atoms with Crippen molar-refractivity contribution in [2.24, 2.45) is 0 Å². The van der Waals surface area contributed by atoms with Crippen LogP contribution in [0.2, 0.25) is 0 Å². The molecule has 1 aromatic heterocycles. The molecule has 0 aliphatic carbocycles. The molecule has 0 bridgehead atoms. The third kappa shape index (κ3) is 3.10. The van der Waals surface area contributed by atoms with Crippen molar-refractivity contribution in [1.82, 2.24) is 0 Å². The normalized spacial score (nSPS) is 10.9. The summed E-state index contributed by atoms with van der Waals surface area (Å²) >= 11 is 0. The lowest BCUT2D eigenvalue weighted by molar-refractivity contribution is -0.111. The standard InChI is InChI=1S/C19H17NO4/c1-22-16-12-13(18(23-2)15-10-11-24-19(15)16)8-9-17(21)20-14-6-4-3-5-7-14/h3-12H,1-2H3,(H,20,21)/b9-8+. The number of amides is 1. The average molecular weight is 323 g/mol. The quantitative estimate of drug-likeness (QED) is 0.718. The maximum atomic E-state index is 12.1. The van der Waals surface area contributed by atoms with E-state index in [4.69, 9.17) is 13.9 Å². The molecular weight excluding hydrogens is 306 g/mol. The van der Waals surface area contributed by atoms with E-state index >= 15 is 0 Å². The van der Waals surface area contributed by atoms with Gasteiger partial charge in [0.1, 0.15) is 5.75 Å². The number of para-hydroxylation sites is 1. The number of carbonyl (C=O) groups is 1. The second-order valence-corrected chi connectivity index (χ2v) is 5.05. The van der Waals surface area contributed by atoms with Crippen LogP contribution in [-0.4, -0.2) is 20.1 Å². The number of ether oxygens (including phenoxy) is 2. The number of rotatable bonds is 5. The Morgan fingerprint density at radius 2 is 1.92 bits per heavy atom. The van der Waals surface area contributed by atoms with E-state index in [1.807, 2.05) is 30.3 Å². The summed E-state index contributed by atoms with van der Waals surface area (Å²) in [6.07, 6.45) is 4.72. The predicted octanol–water partition coefficient (Wildman–Crippen LogP) is 4.10. The van der Waals surface area contributed by atoms with Gasteiger partial charge in [0.05, 0.1) is 25.9 Å². The molecule has 24 heavy (non-hydrogen) atoms. The molecule has 3 rings (SSSR count). The van der Waals surface area contributed by atoms with Gasteiger partial charge in [0.15, 0.2) is 11.3 Å². The highest BCUT2D eigenvalue weighted by atomic mass is 16.5. The van der Waals surface area contributed by atoms with Gasteiger partial charge in [-0.1, -0.05) is 18.2 Å². The smallest absolute Gasteiger partial charge is 0.248 e. The van der Waals surface area contributed by atoms with Crippen LogP contribution >= 0.6 is 0 Å². The highest BCUT2D eigenvalue weighted by Gasteiger charge is 2.14. The van der Waals surface area contributed by atoms with Gasteiger partial charge in [-0.3, -0.25) is 4.79 Å². The predicted molar refractivity (Wildman–Crippen MR) is 93.4 cm³/mol. The molecule has 5 nitrogen and oxygen atoms in total. The van der Waals surface area contributed by atoms with Crippen molar-refractivity contribution in [1.29, 1.82) is 0 Å². The summed E-state index contributed by atoms with van der Waals surface area (Å²) in [5.74, 6) is 0.983. The molecule has 5 heteroatoms. The van der Waals surface area contributed by atoms with Gasteiger partial charge in [-0.05, 0) is 30.3 Å². The van der Waals surface area contributed by atoms with Gasteiger partial charge in [-0.2, -0.15) is 0 Å². The van der Waals surface area contributed by atoms with Crippen LogP contribution in [0.15, 0.2) is 59.2 Å². The largest absolute Gasteiger partial charge is 0.495 e. The van der Waals surface area contributed by atoms with E-state index in [1.165, 1.54) is 6.08 Å². The Balaban J connectivity index is 1.90. The van der Waals surface area contributed by atoms with Crippen molar-refractivity contribution in [2.45, 2.75) is 0 Å². The molecule has 3 aromatic rings. The van der Waals surface area contributed by atoms with E-state index < -0.39 is 0 Å². The van der Waals surface area contributed by atoms with Crippen LogP contribution in [0.3, 0.4) is 0 Å². The SMILES string of the molecule is COc1c(/C=C/C(=O)Nc2ccccc2)cc(OC)c2occc12. The first-order valence-electron chi connectivity index (χ1n) is 7.39. The first kappa shape index (κ1) is 15.7. The van der Waals surface area contributed by atoms with Gasteiger partial charge in [0, 0.05) is 17.3 Å². The molecule has 0 aliphatic rings. The molecule has 1 amide bonds. The first-order valence-corrected chi connectivity index (χ1v) is 7.39. The molecule has 0 fully saturated rings. The Morgan fingerprint density at radius 1 is 1.12 bits per heavy atom. The molecule has 0 radical (unpaired) electrons. The molecule has 0 saturated heterocycles. The van der Waals surface area contributed by atoms with Crippen LogP contribution in [0.5, 0.6) is 11.5 Å². The third-order valence-electron chi connectivity index (χ3n) is 3.56. The van der Waals surface area contributed by atoms with E-state index in [-0.39, 0.29) is 5.91 Å². The van der Waals surface area contributed by atoms with Gasteiger partial charge < -0.3 is 19.2 Å². The van der Waals surface area contributed by atoms with E-state index in [0.717, 1.165) is 16.6 Å². The van der Waals surface area contributed by atoms with Crippen molar-refractivity contribution >= 4 is 28.6 Å². The molecule has 2 aromatic carbocycles. The van der Waals surface area contributed by atoms with E-state index in [2.05, 4.69) is 5.32 Å². The Kier molecular flexibility index (Phi) is 4.52. The number of fused-ring (bicyclic) bond motifs is 1. The molecule has 122 valence electrons. The summed E-state index contributed by atoms with van der Waals surface area (Å²) in [5.41, 5.74) is 2.08. The molecular formula is C19H17NO4. The number of carbonyl (C=O) groups excluding carboxylic acids is 1. The number of furan rings is 1. The van der Waals surface area contributed by atoms with Gasteiger partial charge in [0.2, 0.25) is 5.91 Å². The van der Waals surface area contributed by atoms with Crippen LogP contribution in [0.4, 0.5) is 5.69 Å². The molecule has 0 atom stereocenters. The summed E-state index contributed by atoms with van der Waals surface area (Å²) in [4.78, 5) is 12.1. The Bertz CT molecular complexity index is 881. The molecule has 0 spiro atoms. The van der Waals surface area contributed by atoms with Gasteiger partial charge in [-0.15, -0.1) is 0 Å². The van der Waals surface area contributed by atoms with Crippen LogP contribution in [0.25, 0.3) is 17.0 Å². The van der Waals surface area contributed by atoms with Crippen LogP contribution in [-0.2, 0) is 4.79 Å². The number of benzene rings is 2. The highest BCUT2D eigenvalue weighted by molar-refractivity contribution is 6.03. The Labute approximate surface area is 139 Å². The molecule has 0 aliphatic heterocycles. The van der Waals surface area contributed by atoms with E-state index in [0.29, 0.717) is 17.1 Å². The summed E-state index contributed by atoms with van der Waals surface area (Å²) in [7, 11) is 3.15. The third-order valence-corrected chi connectivity index (χ3v) is 3.56. The Hall–Kier alpha value is -3.21. The number of nitrogens with one attached hydrogen (secondary N) is 1. The monoisotopic (exact) mass is 323 g/mol. The second kappa shape index (κ2) is 6.91. The Morgan fingerprint density at radius 3 is 2.62 bits per heavy atom. The summed E-state index contributed by atoms with van der Waals surface area (Å²) in [5, 5.41) is 3.59. The van der Waals surface area contributed by atoms with E-state index in [9.17, 15) is 4.79 Å². The zero-order valence-corrected chi connectivity index (χ0v) is 13.4.